The third-order valence-corrected chi connectivity index (χ3v) is 4.58. The predicted molar refractivity (Wildman–Crippen MR) is 85.4 cm³/mol. The number of aryl methyl sites for hydroxylation is 1. The van der Waals surface area contributed by atoms with E-state index in [4.69, 9.17) is 23.8 Å². The molecule has 100 valence electrons. The van der Waals surface area contributed by atoms with E-state index in [1.165, 1.54) is 0 Å². The van der Waals surface area contributed by atoms with Crippen molar-refractivity contribution in [3.8, 4) is 0 Å². The van der Waals surface area contributed by atoms with Crippen LogP contribution in [0.15, 0.2) is 28.7 Å². The molecule has 1 N–H and O–H groups in total. The maximum atomic E-state index is 6.17. The van der Waals surface area contributed by atoms with Crippen LogP contribution < -0.4 is 0 Å². The van der Waals surface area contributed by atoms with Gasteiger partial charge in [0.1, 0.15) is 10.5 Å². The van der Waals surface area contributed by atoms with Crippen LogP contribution in [0.5, 0.6) is 0 Å². The summed E-state index contributed by atoms with van der Waals surface area (Å²) >= 11 is 14.9. The Kier molecular flexibility index (Phi) is 5.13. The quantitative estimate of drug-likeness (QED) is 0.771. The third kappa shape index (κ3) is 3.65. The van der Waals surface area contributed by atoms with Crippen molar-refractivity contribution in [3.05, 3.63) is 55.5 Å². The average Bonchev–Trinajstić information content (AvgIpc) is 2.38. The molecule has 2 nitrogen and oxygen atoms in total. The van der Waals surface area contributed by atoms with Crippen molar-refractivity contribution in [2.24, 2.45) is 0 Å². The van der Waals surface area contributed by atoms with E-state index in [0.29, 0.717) is 11.1 Å². The molecule has 0 atom stereocenters. The molecule has 19 heavy (non-hydrogen) atoms. The minimum atomic E-state index is 0.601. The van der Waals surface area contributed by atoms with E-state index < -0.39 is 0 Å². The summed E-state index contributed by atoms with van der Waals surface area (Å²) in [5.41, 5.74) is 2.15. The molecule has 0 bridgehead atoms. The monoisotopic (exact) mass is 356 g/mol. The van der Waals surface area contributed by atoms with Crippen molar-refractivity contribution in [1.29, 1.82) is 0 Å². The Labute approximate surface area is 131 Å². The minimum Gasteiger partial charge on any atom is -0.346 e. The first-order chi connectivity index (χ1) is 9.11. The van der Waals surface area contributed by atoms with E-state index >= 15 is 0 Å². The average molecular weight is 358 g/mol. The number of rotatable bonds is 4. The summed E-state index contributed by atoms with van der Waals surface area (Å²) in [4.78, 5) is 7.75. The molecule has 2 aromatic rings. The van der Waals surface area contributed by atoms with Gasteiger partial charge in [-0.2, -0.15) is 0 Å². The molecule has 1 heterocycles. The maximum absolute atomic E-state index is 6.17. The van der Waals surface area contributed by atoms with E-state index in [0.717, 1.165) is 39.4 Å². The van der Waals surface area contributed by atoms with Gasteiger partial charge in [0, 0.05) is 17.1 Å². The molecular formula is C14H14BrClN2S. The molecule has 0 aliphatic heterocycles. The number of benzene rings is 1. The first kappa shape index (κ1) is 14.7. The summed E-state index contributed by atoms with van der Waals surface area (Å²) < 4.78 is 1.50. The van der Waals surface area contributed by atoms with Gasteiger partial charge in [-0.25, -0.2) is 4.98 Å². The van der Waals surface area contributed by atoms with Crippen LogP contribution in [0.1, 0.15) is 30.4 Å². The summed E-state index contributed by atoms with van der Waals surface area (Å²) in [6.07, 6.45) is 2.66. The Morgan fingerprint density at radius 1 is 1.37 bits per heavy atom. The van der Waals surface area contributed by atoms with Gasteiger partial charge in [-0.3, -0.25) is 0 Å². The van der Waals surface area contributed by atoms with Gasteiger partial charge in [-0.1, -0.05) is 55.4 Å². The number of halogens is 2. The Morgan fingerprint density at radius 2 is 2.11 bits per heavy atom. The van der Waals surface area contributed by atoms with Gasteiger partial charge in [0.15, 0.2) is 0 Å². The number of nitrogens with zero attached hydrogens (tertiary/aromatic N) is 1. The fourth-order valence-electron chi connectivity index (χ4n) is 1.89. The third-order valence-electron chi connectivity index (χ3n) is 2.80. The Hall–Kier alpha value is -0.710. The highest BCUT2D eigenvalue weighted by molar-refractivity contribution is 9.10. The van der Waals surface area contributed by atoms with Gasteiger partial charge >= 0.3 is 0 Å². The number of aromatic amines is 1. The van der Waals surface area contributed by atoms with Gasteiger partial charge in [0.2, 0.25) is 0 Å². The molecule has 0 aliphatic carbocycles. The second kappa shape index (κ2) is 6.64. The minimum absolute atomic E-state index is 0.601. The van der Waals surface area contributed by atoms with E-state index in [1.54, 1.807) is 0 Å². The molecule has 0 saturated heterocycles. The van der Waals surface area contributed by atoms with Crippen LogP contribution in [-0.2, 0) is 12.8 Å². The molecule has 0 aliphatic rings. The molecule has 1 aromatic heterocycles. The molecule has 0 unspecified atom stereocenters. The summed E-state index contributed by atoms with van der Waals surface area (Å²) in [7, 11) is 0. The van der Waals surface area contributed by atoms with Crippen molar-refractivity contribution in [3.63, 3.8) is 0 Å². The zero-order chi connectivity index (χ0) is 13.8. The molecule has 5 heteroatoms. The first-order valence-electron chi connectivity index (χ1n) is 6.12. The molecule has 0 fully saturated rings. The van der Waals surface area contributed by atoms with Crippen LogP contribution >= 0.6 is 39.7 Å². The normalized spacial score (nSPS) is 10.7. The number of H-pyrrole nitrogens is 1. The first-order valence-corrected chi connectivity index (χ1v) is 7.70. The van der Waals surface area contributed by atoms with Gasteiger partial charge < -0.3 is 4.98 Å². The molecule has 0 radical (unpaired) electrons. The van der Waals surface area contributed by atoms with Crippen LogP contribution in [0, 0.1) is 4.64 Å². The number of hydrogen-bond donors (Lipinski definition) is 1. The Morgan fingerprint density at radius 3 is 2.79 bits per heavy atom. The highest BCUT2D eigenvalue weighted by Gasteiger charge is 2.08. The van der Waals surface area contributed by atoms with E-state index in [9.17, 15) is 0 Å². The maximum Gasteiger partial charge on any atom is 0.144 e. The molecule has 2 rings (SSSR count). The van der Waals surface area contributed by atoms with Crippen LogP contribution in [0.4, 0.5) is 0 Å². The Balaban J connectivity index is 2.36. The smallest absolute Gasteiger partial charge is 0.144 e. The highest BCUT2D eigenvalue weighted by Crippen LogP contribution is 2.21. The standard InChI is InChI=1S/C14H14BrClN2S/c1-2-5-11-13(15)14(19)18-12(17-11)8-9-6-3-4-7-10(9)16/h3-4,6-7H,2,5,8H2,1H3,(H,17,18,19). The summed E-state index contributed by atoms with van der Waals surface area (Å²) in [6.45, 7) is 2.14. The molecule has 0 spiro atoms. The predicted octanol–water partition coefficient (Wildman–Crippen LogP) is 5.10. The van der Waals surface area contributed by atoms with Crippen molar-refractivity contribution in [2.45, 2.75) is 26.2 Å². The molecular weight excluding hydrogens is 344 g/mol. The van der Waals surface area contributed by atoms with Crippen molar-refractivity contribution in [2.75, 3.05) is 0 Å². The van der Waals surface area contributed by atoms with E-state index in [2.05, 4.69) is 32.8 Å². The lowest BCUT2D eigenvalue weighted by atomic mass is 10.1. The van der Waals surface area contributed by atoms with E-state index in [1.807, 2.05) is 24.3 Å². The highest BCUT2D eigenvalue weighted by atomic mass is 79.9. The second-order valence-electron chi connectivity index (χ2n) is 4.30. The molecule has 0 amide bonds. The van der Waals surface area contributed by atoms with Gasteiger partial charge in [-0.05, 0) is 34.0 Å². The van der Waals surface area contributed by atoms with E-state index in [-0.39, 0.29) is 0 Å². The SMILES string of the molecule is CCCc1[nH]c(Cc2ccccc2Cl)nc(=S)c1Br. The molecule has 1 aromatic carbocycles. The lowest BCUT2D eigenvalue weighted by Crippen LogP contribution is -2.03. The van der Waals surface area contributed by atoms with Crippen LogP contribution in [-0.4, -0.2) is 9.97 Å². The lowest BCUT2D eigenvalue weighted by Gasteiger charge is -2.08. The number of nitrogens with one attached hydrogen (secondary N) is 1. The second-order valence-corrected chi connectivity index (χ2v) is 5.89. The largest absolute Gasteiger partial charge is 0.346 e. The summed E-state index contributed by atoms with van der Waals surface area (Å²) in [5.74, 6) is 0.852. The van der Waals surface area contributed by atoms with Crippen molar-refractivity contribution < 1.29 is 0 Å². The topological polar surface area (TPSA) is 28.7 Å². The lowest BCUT2D eigenvalue weighted by molar-refractivity contribution is 0.830. The summed E-state index contributed by atoms with van der Waals surface area (Å²) in [5, 5.41) is 0.753. The van der Waals surface area contributed by atoms with Gasteiger partial charge in [-0.15, -0.1) is 0 Å². The van der Waals surface area contributed by atoms with Crippen LogP contribution in [0.3, 0.4) is 0 Å². The van der Waals surface area contributed by atoms with Gasteiger partial charge in [0.05, 0.1) is 4.47 Å². The van der Waals surface area contributed by atoms with Crippen LogP contribution in [0.2, 0.25) is 5.02 Å². The number of aromatic nitrogens is 2. The fraction of sp³-hybridized carbons (Fsp3) is 0.286. The molecule has 0 saturated carbocycles. The zero-order valence-electron chi connectivity index (χ0n) is 10.5. The number of hydrogen-bond acceptors (Lipinski definition) is 2. The van der Waals surface area contributed by atoms with Crippen molar-refractivity contribution in [1.82, 2.24) is 9.97 Å². The zero-order valence-corrected chi connectivity index (χ0v) is 13.7. The van der Waals surface area contributed by atoms with Crippen molar-refractivity contribution >= 4 is 39.7 Å². The fourth-order valence-corrected chi connectivity index (χ4v) is 2.71. The summed E-state index contributed by atoms with van der Waals surface area (Å²) in [6, 6.07) is 7.78. The Bertz CT molecular complexity index is 640. The van der Waals surface area contributed by atoms with Crippen LogP contribution in [0.25, 0.3) is 0 Å². The van der Waals surface area contributed by atoms with Gasteiger partial charge in [0.25, 0.3) is 0 Å².